The Labute approximate surface area is 114 Å². The second-order valence-electron chi connectivity index (χ2n) is 5.45. The van der Waals surface area contributed by atoms with Gasteiger partial charge in [0.2, 0.25) is 0 Å². The molecule has 3 rings (SSSR count). The summed E-state index contributed by atoms with van der Waals surface area (Å²) in [6.07, 6.45) is 5.72. The Bertz CT molecular complexity index is 545. The molecule has 1 aromatic carbocycles. The van der Waals surface area contributed by atoms with E-state index >= 15 is 0 Å². The van der Waals surface area contributed by atoms with Gasteiger partial charge in [-0.1, -0.05) is 24.6 Å². The summed E-state index contributed by atoms with van der Waals surface area (Å²) in [5, 5.41) is 3.54. The van der Waals surface area contributed by atoms with E-state index in [9.17, 15) is 0 Å². The largest absolute Gasteiger partial charge is 0.341 e. The molecule has 0 saturated carbocycles. The van der Waals surface area contributed by atoms with Crippen LogP contribution < -0.4 is 5.32 Å². The van der Waals surface area contributed by atoms with Gasteiger partial charge in [0.25, 0.3) is 0 Å². The summed E-state index contributed by atoms with van der Waals surface area (Å²) in [5.41, 5.74) is 5.02. The Kier molecular flexibility index (Phi) is 3.38. The van der Waals surface area contributed by atoms with E-state index in [1.54, 1.807) is 0 Å². The fourth-order valence-electron chi connectivity index (χ4n) is 2.97. The summed E-state index contributed by atoms with van der Waals surface area (Å²) in [5.74, 6) is 1.08. The van der Waals surface area contributed by atoms with Crippen molar-refractivity contribution >= 4 is 0 Å². The van der Waals surface area contributed by atoms with Crippen LogP contribution in [0, 0.1) is 13.8 Å². The minimum Gasteiger partial charge on any atom is -0.341 e. The van der Waals surface area contributed by atoms with Gasteiger partial charge in [0.1, 0.15) is 5.82 Å². The van der Waals surface area contributed by atoms with Crippen LogP contribution in [0.5, 0.6) is 0 Å². The number of aromatic amines is 1. The first-order chi connectivity index (χ1) is 9.25. The van der Waals surface area contributed by atoms with E-state index in [1.165, 1.54) is 36.0 Å². The predicted molar refractivity (Wildman–Crippen MR) is 78.1 cm³/mol. The highest BCUT2D eigenvalue weighted by Crippen LogP contribution is 2.28. The van der Waals surface area contributed by atoms with Gasteiger partial charge in [-0.3, -0.25) is 0 Å². The van der Waals surface area contributed by atoms with Crippen LogP contribution in [0.25, 0.3) is 11.3 Å². The molecule has 1 aliphatic heterocycles. The molecule has 3 nitrogen and oxygen atoms in total. The molecule has 2 aromatic rings. The van der Waals surface area contributed by atoms with Crippen molar-refractivity contribution in [1.29, 1.82) is 0 Å². The van der Waals surface area contributed by atoms with Crippen molar-refractivity contribution in [1.82, 2.24) is 15.3 Å². The molecule has 19 heavy (non-hydrogen) atoms. The lowest BCUT2D eigenvalue weighted by atomic mass is 10.0. The minimum atomic E-state index is 0.395. The monoisotopic (exact) mass is 255 g/mol. The predicted octanol–water partition coefficient (Wildman–Crippen LogP) is 3.51. The number of rotatable bonds is 2. The molecule has 1 atom stereocenters. The highest BCUT2D eigenvalue weighted by molar-refractivity contribution is 5.67. The van der Waals surface area contributed by atoms with Crippen molar-refractivity contribution in [2.75, 3.05) is 6.54 Å². The summed E-state index contributed by atoms with van der Waals surface area (Å²) in [7, 11) is 0. The number of hydrogen-bond acceptors (Lipinski definition) is 2. The Morgan fingerprint density at radius 3 is 2.63 bits per heavy atom. The Hall–Kier alpha value is -1.61. The van der Waals surface area contributed by atoms with Crippen molar-refractivity contribution in [3.63, 3.8) is 0 Å². The third kappa shape index (κ3) is 2.43. The van der Waals surface area contributed by atoms with E-state index in [0.717, 1.165) is 18.1 Å². The van der Waals surface area contributed by atoms with E-state index in [1.807, 2.05) is 6.20 Å². The maximum absolute atomic E-state index is 4.58. The van der Waals surface area contributed by atoms with Gasteiger partial charge in [0, 0.05) is 5.56 Å². The molecule has 1 aliphatic rings. The fourth-order valence-corrected chi connectivity index (χ4v) is 2.97. The molecule has 1 fully saturated rings. The lowest BCUT2D eigenvalue weighted by Gasteiger charge is -2.21. The van der Waals surface area contributed by atoms with Crippen LogP contribution in [0.3, 0.4) is 0 Å². The van der Waals surface area contributed by atoms with Gasteiger partial charge in [-0.25, -0.2) is 4.98 Å². The first-order valence-corrected chi connectivity index (χ1v) is 7.10. The molecule has 100 valence electrons. The van der Waals surface area contributed by atoms with Gasteiger partial charge in [-0.05, 0) is 44.4 Å². The molecule has 0 radical (unpaired) electrons. The molecular formula is C16H21N3. The van der Waals surface area contributed by atoms with Crippen LogP contribution in [0.15, 0.2) is 24.4 Å². The molecule has 1 saturated heterocycles. The van der Waals surface area contributed by atoms with Gasteiger partial charge in [0.05, 0.1) is 17.9 Å². The van der Waals surface area contributed by atoms with Gasteiger partial charge in [-0.15, -0.1) is 0 Å². The molecule has 0 amide bonds. The number of aryl methyl sites for hydroxylation is 2. The smallest absolute Gasteiger partial charge is 0.123 e. The topological polar surface area (TPSA) is 40.7 Å². The molecule has 3 heteroatoms. The Morgan fingerprint density at radius 2 is 1.95 bits per heavy atom. The van der Waals surface area contributed by atoms with Gasteiger partial charge in [0.15, 0.2) is 0 Å². The molecule has 0 aliphatic carbocycles. The second-order valence-corrected chi connectivity index (χ2v) is 5.45. The van der Waals surface area contributed by atoms with Crippen LogP contribution >= 0.6 is 0 Å². The molecule has 2 N–H and O–H groups in total. The molecular weight excluding hydrogens is 234 g/mol. The average Bonchev–Trinajstić information content (AvgIpc) is 2.89. The summed E-state index contributed by atoms with van der Waals surface area (Å²) < 4.78 is 0. The zero-order valence-corrected chi connectivity index (χ0v) is 11.7. The van der Waals surface area contributed by atoms with E-state index in [-0.39, 0.29) is 0 Å². The number of nitrogens with one attached hydrogen (secondary N) is 2. The number of imidazole rings is 1. The number of benzene rings is 1. The van der Waals surface area contributed by atoms with Crippen molar-refractivity contribution in [3.8, 4) is 11.3 Å². The van der Waals surface area contributed by atoms with E-state index < -0.39 is 0 Å². The highest BCUT2D eigenvalue weighted by atomic mass is 15.0. The van der Waals surface area contributed by atoms with Crippen molar-refractivity contribution < 1.29 is 0 Å². The summed E-state index contributed by atoms with van der Waals surface area (Å²) >= 11 is 0. The van der Waals surface area contributed by atoms with Gasteiger partial charge < -0.3 is 10.3 Å². The number of hydrogen-bond donors (Lipinski definition) is 2. The lowest BCUT2D eigenvalue weighted by Crippen LogP contribution is -2.27. The van der Waals surface area contributed by atoms with Crippen molar-refractivity contribution in [3.05, 3.63) is 41.3 Å². The van der Waals surface area contributed by atoms with Gasteiger partial charge in [-0.2, -0.15) is 0 Å². The first-order valence-electron chi connectivity index (χ1n) is 7.10. The van der Waals surface area contributed by atoms with Crippen LogP contribution in [0.1, 0.15) is 42.3 Å². The zero-order valence-electron chi connectivity index (χ0n) is 11.7. The van der Waals surface area contributed by atoms with E-state index in [4.69, 9.17) is 0 Å². The maximum Gasteiger partial charge on any atom is 0.123 e. The Balaban J connectivity index is 1.92. The molecule has 2 heterocycles. The van der Waals surface area contributed by atoms with Crippen LogP contribution in [0.2, 0.25) is 0 Å². The molecule has 1 unspecified atom stereocenters. The summed E-state index contributed by atoms with van der Waals surface area (Å²) in [6, 6.07) is 6.81. The van der Waals surface area contributed by atoms with Crippen LogP contribution in [-0.2, 0) is 0 Å². The van der Waals surface area contributed by atoms with Crippen LogP contribution in [-0.4, -0.2) is 16.5 Å². The molecule has 1 aromatic heterocycles. The average molecular weight is 255 g/mol. The quantitative estimate of drug-likeness (QED) is 0.862. The lowest BCUT2D eigenvalue weighted by molar-refractivity contribution is 0.399. The van der Waals surface area contributed by atoms with Crippen LogP contribution in [0.4, 0.5) is 0 Å². The first kappa shape index (κ1) is 12.4. The second kappa shape index (κ2) is 5.17. The van der Waals surface area contributed by atoms with Crippen molar-refractivity contribution in [2.24, 2.45) is 0 Å². The Morgan fingerprint density at radius 1 is 1.16 bits per heavy atom. The maximum atomic E-state index is 4.58. The number of aromatic nitrogens is 2. The van der Waals surface area contributed by atoms with Gasteiger partial charge >= 0.3 is 0 Å². The normalized spacial score (nSPS) is 19.6. The highest BCUT2D eigenvalue weighted by Gasteiger charge is 2.18. The minimum absolute atomic E-state index is 0.395. The number of piperidine rings is 1. The van der Waals surface area contributed by atoms with Crippen molar-refractivity contribution in [2.45, 2.75) is 39.2 Å². The molecule has 0 spiro atoms. The summed E-state index contributed by atoms with van der Waals surface area (Å²) in [6.45, 7) is 5.41. The zero-order chi connectivity index (χ0) is 13.2. The number of H-pyrrole nitrogens is 1. The SMILES string of the molecule is Cc1cccc(C)c1-c1cnc(C2CCCCN2)[nH]1. The molecule has 0 bridgehead atoms. The van der Waals surface area contributed by atoms with E-state index in [0.29, 0.717) is 6.04 Å². The summed E-state index contributed by atoms with van der Waals surface area (Å²) in [4.78, 5) is 8.09. The van der Waals surface area contributed by atoms with E-state index in [2.05, 4.69) is 47.3 Å². The fraction of sp³-hybridized carbons (Fsp3) is 0.438. The standard InChI is InChI=1S/C16H21N3/c1-11-6-5-7-12(2)15(11)14-10-18-16(19-14)13-8-3-4-9-17-13/h5-7,10,13,17H,3-4,8-9H2,1-2H3,(H,18,19). The third-order valence-electron chi connectivity index (χ3n) is 3.99. The number of nitrogens with zero attached hydrogens (tertiary/aromatic N) is 1. The third-order valence-corrected chi connectivity index (χ3v) is 3.99.